The quantitative estimate of drug-likeness (QED) is 0.846. The molecule has 1 saturated carbocycles. The highest BCUT2D eigenvalue weighted by Crippen LogP contribution is 2.38. The van der Waals surface area contributed by atoms with Crippen molar-refractivity contribution in [2.75, 3.05) is 19.0 Å². The first-order valence-electron chi connectivity index (χ1n) is 7.56. The molecule has 21 heavy (non-hydrogen) atoms. The number of benzene rings is 1. The Balaban J connectivity index is 1.95. The van der Waals surface area contributed by atoms with Crippen molar-refractivity contribution in [3.8, 4) is 0 Å². The van der Waals surface area contributed by atoms with E-state index in [1.165, 1.54) is 5.56 Å². The highest BCUT2D eigenvalue weighted by atomic mass is 16.5. The van der Waals surface area contributed by atoms with Crippen LogP contribution in [0.5, 0.6) is 0 Å². The highest BCUT2D eigenvalue weighted by molar-refractivity contribution is 5.91. The van der Waals surface area contributed by atoms with E-state index in [1.807, 2.05) is 24.3 Å². The lowest BCUT2D eigenvalue weighted by Gasteiger charge is -2.39. The van der Waals surface area contributed by atoms with Gasteiger partial charge in [0.25, 0.3) is 0 Å². The van der Waals surface area contributed by atoms with Crippen LogP contribution in [0.1, 0.15) is 45.1 Å². The van der Waals surface area contributed by atoms with Gasteiger partial charge in [-0.15, -0.1) is 0 Å². The van der Waals surface area contributed by atoms with Gasteiger partial charge in [-0.2, -0.15) is 0 Å². The second-order valence-corrected chi connectivity index (χ2v) is 6.63. The van der Waals surface area contributed by atoms with Crippen molar-refractivity contribution in [1.82, 2.24) is 0 Å². The predicted octanol–water partition coefficient (Wildman–Crippen LogP) is 2.82. The molecule has 3 N–H and O–H groups in total. The SMILES string of the molecule is COC1(CC(=O)Nc2ccc(C(C)(C)CN)cc2)CCC1. The first-order valence-corrected chi connectivity index (χ1v) is 7.56. The number of hydrogen-bond donors (Lipinski definition) is 2. The summed E-state index contributed by atoms with van der Waals surface area (Å²) < 4.78 is 5.49. The molecule has 4 nitrogen and oxygen atoms in total. The fraction of sp³-hybridized carbons (Fsp3) is 0.588. The molecule has 2 rings (SSSR count). The minimum absolute atomic E-state index is 0.0161. The zero-order valence-corrected chi connectivity index (χ0v) is 13.2. The summed E-state index contributed by atoms with van der Waals surface area (Å²) in [6.45, 7) is 4.81. The van der Waals surface area contributed by atoms with E-state index in [1.54, 1.807) is 7.11 Å². The van der Waals surface area contributed by atoms with Crippen molar-refractivity contribution in [3.05, 3.63) is 29.8 Å². The van der Waals surface area contributed by atoms with Gasteiger partial charge in [0, 0.05) is 24.8 Å². The Morgan fingerprint density at radius 1 is 1.33 bits per heavy atom. The Kier molecular flexibility index (Phi) is 4.69. The Bertz CT molecular complexity index is 485. The topological polar surface area (TPSA) is 64.3 Å². The maximum atomic E-state index is 12.1. The van der Waals surface area contributed by atoms with E-state index in [4.69, 9.17) is 10.5 Å². The van der Waals surface area contributed by atoms with Crippen LogP contribution in [0.3, 0.4) is 0 Å². The number of hydrogen-bond acceptors (Lipinski definition) is 3. The van der Waals surface area contributed by atoms with Crippen molar-refractivity contribution in [1.29, 1.82) is 0 Å². The third-order valence-corrected chi connectivity index (χ3v) is 4.64. The third kappa shape index (κ3) is 3.63. The van der Waals surface area contributed by atoms with Gasteiger partial charge in [0.2, 0.25) is 5.91 Å². The van der Waals surface area contributed by atoms with Crippen LogP contribution < -0.4 is 11.1 Å². The van der Waals surface area contributed by atoms with Gasteiger partial charge in [-0.1, -0.05) is 26.0 Å². The van der Waals surface area contributed by atoms with Gasteiger partial charge in [0.15, 0.2) is 0 Å². The van der Waals surface area contributed by atoms with Gasteiger partial charge < -0.3 is 15.8 Å². The number of carbonyl (C=O) groups is 1. The van der Waals surface area contributed by atoms with Crippen LogP contribution in [0.25, 0.3) is 0 Å². The van der Waals surface area contributed by atoms with E-state index in [0.717, 1.165) is 24.9 Å². The van der Waals surface area contributed by atoms with Crippen LogP contribution in [-0.2, 0) is 14.9 Å². The van der Waals surface area contributed by atoms with Crippen LogP contribution in [0.2, 0.25) is 0 Å². The van der Waals surface area contributed by atoms with Gasteiger partial charge >= 0.3 is 0 Å². The summed E-state index contributed by atoms with van der Waals surface area (Å²) in [5, 5.41) is 2.95. The maximum absolute atomic E-state index is 12.1. The van der Waals surface area contributed by atoms with Crippen molar-refractivity contribution < 1.29 is 9.53 Å². The number of amides is 1. The largest absolute Gasteiger partial charge is 0.378 e. The summed E-state index contributed by atoms with van der Waals surface area (Å²) in [7, 11) is 1.69. The lowest BCUT2D eigenvalue weighted by Crippen LogP contribution is -2.42. The molecular formula is C17H26N2O2. The lowest BCUT2D eigenvalue weighted by molar-refractivity contribution is -0.129. The molecule has 1 aromatic rings. The molecule has 1 aliphatic rings. The minimum Gasteiger partial charge on any atom is -0.378 e. The fourth-order valence-corrected chi connectivity index (χ4v) is 2.64. The van der Waals surface area contributed by atoms with Gasteiger partial charge in [0.1, 0.15) is 0 Å². The summed E-state index contributed by atoms with van der Waals surface area (Å²) in [6.07, 6.45) is 3.52. The van der Waals surface area contributed by atoms with Crippen LogP contribution >= 0.6 is 0 Å². The second-order valence-electron chi connectivity index (χ2n) is 6.63. The average Bonchev–Trinajstić information content (AvgIpc) is 2.43. The molecule has 0 radical (unpaired) electrons. The molecule has 0 saturated heterocycles. The predicted molar refractivity (Wildman–Crippen MR) is 85.4 cm³/mol. The molecule has 0 spiro atoms. The normalized spacial score (nSPS) is 17.1. The van der Waals surface area contributed by atoms with Crippen molar-refractivity contribution in [2.24, 2.45) is 5.73 Å². The summed E-state index contributed by atoms with van der Waals surface area (Å²) >= 11 is 0. The first-order chi connectivity index (χ1) is 9.91. The van der Waals surface area contributed by atoms with E-state index in [-0.39, 0.29) is 16.9 Å². The molecule has 0 heterocycles. The van der Waals surface area contributed by atoms with E-state index < -0.39 is 0 Å². The molecule has 0 aliphatic heterocycles. The number of ether oxygens (including phenoxy) is 1. The van der Waals surface area contributed by atoms with E-state index in [0.29, 0.717) is 13.0 Å². The van der Waals surface area contributed by atoms with Gasteiger partial charge in [-0.25, -0.2) is 0 Å². The van der Waals surface area contributed by atoms with Crippen LogP contribution in [0.4, 0.5) is 5.69 Å². The number of carbonyl (C=O) groups excluding carboxylic acids is 1. The summed E-state index contributed by atoms with van der Waals surface area (Å²) in [5.74, 6) is 0.0161. The standard InChI is InChI=1S/C17H26N2O2/c1-16(2,12-18)13-5-7-14(8-6-13)19-15(20)11-17(21-3)9-4-10-17/h5-8H,4,9-12,18H2,1-3H3,(H,19,20). The molecule has 1 aliphatic carbocycles. The van der Waals surface area contributed by atoms with Crippen LogP contribution in [-0.4, -0.2) is 25.2 Å². The van der Waals surface area contributed by atoms with E-state index in [9.17, 15) is 4.79 Å². The summed E-state index contributed by atoms with van der Waals surface area (Å²) in [4.78, 5) is 12.1. The fourth-order valence-electron chi connectivity index (χ4n) is 2.64. The molecule has 0 bridgehead atoms. The Hall–Kier alpha value is -1.39. The number of methoxy groups -OCH3 is 1. The lowest BCUT2D eigenvalue weighted by atomic mass is 9.77. The van der Waals surface area contributed by atoms with Crippen molar-refractivity contribution >= 4 is 11.6 Å². The molecule has 1 aromatic carbocycles. The molecule has 1 fully saturated rings. The average molecular weight is 290 g/mol. The Morgan fingerprint density at radius 2 is 1.95 bits per heavy atom. The van der Waals surface area contributed by atoms with Crippen LogP contribution in [0, 0.1) is 0 Å². The molecule has 1 amide bonds. The number of nitrogens with one attached hydrogen (secondary N) is 1. The van der Waals surface area contributed by atoms with Crippen molar-refractivity contribution in [2.45, 2.75) is 50.5 Å². The third-order valence-electron chi connectivity index (χ3n) is 4.64. The zero-order chi connectivity index (χ0) is 15.5. The molecule has 0 aromatic heterocycles. The number of rotatable bonds is 6. The highest BCUT2D eigenvalue weighted by Gasteiger charge is 2.38. The maximum Gasteiger partial charge on any atom is 0.227 e. The molecule has 0 unspecified atom stereocenters. The first kappa shape index (κ1) is 16.0. The molecule has 4 heteroatoms. The Labute approximate surface area is 127 Å². The van der Waals surface area contributed by atoms with Gasteiger partial charge in [0.05, 0.1) is 12.0 Å². The van der Waals surface area contributed by atoms with Gasteiger partial charge in [-0.3, -0.25) is 4.79 Å². The Morgan fingerprint density at radius 3 is 2.38 bits per heavy atom. The van der Waals surface area contributed by atoms with Crippen molar-refractivity contribution in [3.63, 3.8) is 0 Å². The van der Waals surface area contributed by atoms with E-state index >= 15 is 0 Å². The zero-order valence-electron chi connectivity index (χ0n) is 13.2. The summed E-state index contributed by atoms with van der Waals surface area (Å²) in [6, 6.07) is 7.92. The van der Waals surface area contributed by atoms with Gasteiger partial charge in [-0.05, 0) is 37.0 Å². The summed E-state index contributed by atoms with van der Waals surface area (Å²) in [5.41, 5.74) is 7.50. The number of nitrogens with two attached hydrogens (primary N) is 1. The second kappa shape index (κ2) is 6.16. The van der Waals surface area contributed by atoms with E-state index in [2.05, 4.69) is 19.2 Å². The molecule has 116 valence electrons. The smallest absolute Gasteiger partial charge is 0.227 e. The molecular weight excluding hydrogens is 264 g/mol. The van der Waals surface area contributed by atoms with Crippen LogP contribution in [0.15, 0.2) is 24.3 Å². The monoisotopic (exact) mass is 290 g/mol. The number of anilines is 1. The minimum atomic E-state index is -0.231. The molecule has 0 atom stereocenters.